The predicted molar refractivity (Wildman–Crippen MR) is 293 cm³/mol. The van der Waals surface area contributed by atoms with Gasteiger partial charge in [0, 0.05) is 19.3 Å². The van der Waals surface area contributed by atoms with E-state index in [1.165, 1.54) is 238 Å². The first kappa shape index (κ1) is 66.4. The third-order valence-corrected chi connectivity index (χ3v) is 14.6. The Kier molecular flexibility index (Phi) is 53.5. The van der Waals surface area contributed by atoms with Crippen molar-refractivity contribution >= 4 is 17.9 Å². The van der Waals surface area contributed by atoms with Gasteiger partial charge in [-0.05, 0) is 31.1 Å². The average Bonchev–Trinajstić information content (AvgIpc) is 3.32. The highest BCUT2D eigenvalue weighted by atomic mass is 16.6. The van der Waals surface area contributed by atoms with E-state index in [4.69, 9.17) is 14.2 Å². The fraction of sp³-hybridized carbons (Fsp3) is 0.952. The summed E-state index contributed by atoms with van der Waals surface area (Å²) in [6, 6.07) is 0. The number of esters is 3. The van der Waals surface area contributed by atoms with Gasteiger partial charge in [-0.25, -0.2) is 0 Å². The molecular weight excluding hydrogens is 841 g/mol. The van der Waals surface area contributed by atoms with Crippen LogP contribution in [0.2, 0.25) is 0 Å². The van der Waals surface area contributed by atoms with Gasteiger partial charge in [0.1, 0.15) is 13.2 Å². The van der Waals surface area contributed by atoms with Gasteiger partial charge in [0.05, 0.1) is 0 Å². The van der Waals surface area contributed by atoms with Gasteiger partial charge in [-0.3, -0.25) is 14.4 Å². The molecule has 0 aliphatic rings. The van der Waals surface area contributed by atoms with Gasteiger partial charge in [0.25, 0.3) is 0 Å². The number of hydrogen-bond acceptors (Lipinski definition) is 6. The maximum Gasteiger partial charge on any atom is 0.306 e. The van der Waals surface area contributed by atoms with Gasteiger partial charge in [-0.15, -0.1) is 0 Å². The average molecular weight is 962 g/mol. The summed E-state index contributed by atoms with van der Waals surface area (Å²) in [7, 11) is 0. The first-order valence-corrected chi connectivity index (χ1v) is 30.8. The number of hydrogen-bond donors (Lipinski definition) is 0. The molecule has 0 fully saturated rings. The molecule has 0 aromatic rings. The highest BCUT2D eigenvalue weighted by Crippen LogP contribution is 2.19. The summed E-state index contributed by atoms with van der Waals surface area (Å²) in [6.07, 6.45) is 59.6. The van der Waals surface area contributed by atoms with E-state index in [0.29, 0.717) is 19.3 Å². The van der Waals surface area contributed by atoms with E-state index in [1.807, 2.05) is 0 Å². The largest absolute Gasteiger partial charge is 0.462 e. The van der Waals surface area contributed by atoms with Crippen LogP contribution in [0.3, 0.4) is 0 Å². The summed E-state index contributed by atoms with van der Waals surface area (Å²) in [5, 5.41) is 0. The molecule has 0 rings (SSSR count). The fourth-order valence-electron chi connectivity index (χ4n) is 9.55. The predicted octanol–water partition coefficient (Wildman–Crippen LogP) is 20.4. The monoisotopic (exact) mass is 961 g/mol. The van der Waals surface area contributed by atoms with E-state index in [9.17, 15) is 14.4 Å². The van der Waals surface area contributed by atoms with Crippen molar-refractivity contribution in [2.24, 2.45) is 11.8 Å². The molecule has 0 saturated carbocycles. The van der Waals surface area contributed by atoms with Gasteiger partial charge in [0.2, 0.25) is 0 Å². The molecule has 0 amide bonds. The van der Waals surface area contributed by atoms with Crippen LogP contribution in [0.25, 0.3) is 0 Å². The van der Waals surface area contributed by atoms with Crippen LogP contribution < -0.4 is 0 Å². The lowest BCUT2D eigenvalue weighted by Gasteiger charge is -2.18. The second-order valence-corrected chi connectivity index (χ2v) is 22.1. The van der Waals surface area contributed by atoms with Crippen molar-refractivity contribution in [1.82, 2.24) is 0 Å². The molecule has 0 aliphatic heterocycles. The van der Waals surface area contributed by atoms with E-state index in [2.05, 4.69) is 34.6 Å². The van der Waals surface area contributed by atoms with Gasteiger partial charge >= 0.3 is 17.9 Å². The second-order valence-electron chi connectivity index (χ2n) is 22.1. The summed E-state index contributed by atoms with van der Waals surface area (Å²) >= 11 is 0. The Morgan fingerprint density at radius 1 is 0.309 bits per heavy atom. The summed E-state index contributed by atoms with van der Waals surface area (Å²) in [5.74, 6) is 0.924. The Balaban J connectivity index is 4.13. The van der Waals surface area contributed by atoms with Gasteiger partial charge in [-0.2, -0.15) is 0 Å². The number of carbonyl (C=O) groups excluding carboxylic acids is 3. The molecular formula is C62H120O6. The zero-order valence-corrected chi connectivity index (χ0v) is 46.7. The molecule has 0 aliphatic carbocycles. The molecule has 404 valence electrons. The second kappa shape index (κ2) is 54.7. The van der Waals surface area contributed by atoms with Crippen LogP contribution in [0.5, 0.6) is 0 Å². The van der Waals surface area contributed by atoms with E-state index >= 15 is 0 Å². The third kappa shape index (κ3) is 53.8. The number of unbranched alkanes of at least 4 members (excludes halogenated alkanes) is 40. The van der Waals surface area contributed by atoms with Crippen LogP contribution in [0.15, 0.2) is 0 Å². The van der Waals surface area contributed by atoms with Crippen LogP contribution in [0.4, 0.5) is 0 Å². The smallest absolute Gasteiger partial charge is 0.306 e. The van der Waals surface area contributed by atoms with Gasteiger partial charge in [-0.1, -0.05) is 311 Å². The van der Waals surface area contributed by atoms with Crippen LogP contribution in [0.1, 0.15) is 349 Å². The Labute approximate surface area is 425 Å². The fourth-order valence-corrected chi connectivity index (χ4v) is 9.55. The van der Waals surface area contributed by atoms with Gasteiger partial charge < -0.3 is 14.2 Å². The lowest BCUT2D eigenvalue weighted by molar-refractivity contribution is -0.167. The van der Waals surface area contributed by atoms with Crippen molar-refractivity contribution in [3.8, 4) is 0 Å². The maximum atomic E-state index is 12.8. The standard InChI is InChI=1S/C62H120O6/c1-6-8-9-10-11-30-39-44-49-54-62(65)68-59(56-67-61(64)53-48-43-38-34-29-25-21-17-16-18-22-26-31-35-40-45-50-57(3)4)55-66-60(63)52-47-42-37-33-28-24-20-15-13-12-14-19-23-27-32-36-41-46-51-58(5)7-2/h57-59H,6-56H2,1-5H3/t58?,59-/m0/s1. The lowest BCUT2D eigenvalue weighted by Crippen LogP contribution is -2.30. The summed E-state index contributed by atoms with van der Waals surface area (Å²) in [6.45, 7) is 11.5. The minimum atomic E-state index is -0.762. The zero-order chi connectivity index (χ0) is 49.6. The molecule has 6 heteroatoms. The Bertz CT molecular complexity index is 1040. The Morgan fingerprint density at radius 3 is 0.838 bits per heavy atom. The normalized spacial score (nSPS) is 12.4. The molecule has 0 aromatic carbocycles. The summed E-state index contributed by atoms with van der Waals surface area (Å²) < 4.78 is 16.9. The van der Waals surface area contributed by atoms with E-state index in [1.54, 1.807) is 0 Å². The van der Waals surface area contributed by atoms with Gasteiger partial charge in [0.15, 0.2) is 6.10 Å². The van der Waals surface area contributed by atoms with E-state index < -0.39 is 6.10 Å². The SMILES string of the molecule is CCCCCCCCCCCC(=O)O[C@@H](COC(=O)CCCCCCCCCCCCCCCCCCCCC(C)CC)COC(=O)CCCCCCCCCCCCCCCCCCC(C)C. The molecule has 68 heavy (non-hydrogen) atoms. The molecule has 0 aromatic heterocycles. The van der Waals surface area contributed by atoms with Crippen molar-refractivity contribution in [3.63, 3.8) is 0 Å². The van der Waals surface area contributed by atoms with Crippen LogP contribution in [0, 0.1) is 11.8 Å². The number of rotatable bonds is 56. The minimum Gasteiger partial charge on any atom is -0.462 e. The molecule has 0 radical (unpaired) electrons. The molecule has 2 atom stereocenters. The third-order valence-electron chi connectivity index (χ3n) is 14.6. The molecule has 0 heterocycles. The first-order valence-electron chi connectivity index (χ1n) is 30.8. The number of carbonyl (C=O) groups is 3. The first-order chi connectivity index (χ1) is 33.3. The Hall–Kier alpha value is -1.59. The lowest BCUT2D eigenvalue weighted by atomic mass is 9.99. The molecule has 0 N–H and O–H groups in total. The highest BCUT2D eigenvalue weighted by Gasteiger charge is 2.19. The van der Waals surface area contributed by atoms with Crippen molar-refractivity contribution < 1.29 is 28.6 Å². The molecule has 6 nitrogen and oxygen atoms in total. The van der Waals surface area contributed by atoms with Crippen molar-refractivity contribution in [1.29, 1.82) is 0 Å². The Morgan fingerprint density at radius 2 is 0.559 bits per heavy atom. The van der Waals surface area contributed by atoms with Crippen molar-refractivity contribution in [3.05, 3.63) is 0 Å². The van der Waals surface area contributed by atoms with E-state index in [-0.39, 0.29) is 31.1 Å². The zero-order valence-electron chi connectivity index (χ0n) is 46.7. The summed E-state index contributed by atoms with van der Waals surface area (Å²) in [4.78, 5) is 38.1. The molecule has 0 bridgehead atoms. The number of ether oxygens (including phenoxy) is 3. The minimum absolute atomic E-state index is 0.0625. The molecule has 1 unspecified atom stereocenters. The summed E-state index contributed by atoms with van der Waals surface area (Å²) in [5.41, 5.74) is 0. The van der Waals surface area contributed by atoms with Crippen molar-refractivity contribution in [2.45, 2.75) is 355 Å². The van der Waals surface area contributed by atoms with Crippen LogP contribution in [-0.4, -0.2) is 37.2 Å². The quantitative estimate of drug-likeness (QED) is 0.0343. The highest BCUT2D eigenvalue weighted by molar-refractivity contribution is 5.71. The topological polar surface area (TPSA) is 78.9 Å². The maximum absolute atomic E-state index is 12.8. The molecule has 0 saturated heterocycles. The van der Waals surface area contributed by atoms with E-state index in [0.717, 1.165) is 69.6 Å². The van der Waals surface area contributed by atoms with Crippen LogP contribution in [-0.2, 0) is 28.6 Å². The van der Waals surface area contributed by atoms with Crippen LogP contribution >= 0.6 is 0 Å². The molecule has 0 spiro atoms. The van der Waals surface area contributed by atoms with Crippen molar-refractivity contribution in [2.75, 3.05) is 13.2 Å².